The molecular weight excluding hydrogens is 380 g/mol. The van der Waals surface area contributed by atoms with Crippen LogP contribution in [0.4, 0.5) is 0 Å². The molecule has 0 fully saturated rings. The third kappa shape index (κ3) is 5.54. The van der Waals surface area contributed by atoms with Gasteiger partial charge in [0.1, 0.15) is 11.8 Å². The largest absolute Gasteiger partial charge is 0.427 e. The van der Waals surface area contributed by atoms with Crippen LogP contribution in [0.3, 0.4) is 0 Å². The van der Waals surface area contributed by atoms with Crippen molar-refractivity contribution in [1.29, 1.82) is 0 Å². The smallest absolute Gasteiger partial charge is 0.308 e. The van der Waals surface area contributed by atoms with E-state index < -0.39 is 23.8 Å². The van der Waals surface area contributed by atoms with Crippen molar-refractivity contribution < 1.29 is 19.1 Å². The van der Waals surface area contributed by atoms with E-state index >= 15 is 0 Å². The maximum absolute atomic E-state index is 12.6. The van der Waals surface area contributed by atoms with E-state index in [1.165, 1.54) is 13.0 Å². The monoisotopic (exact) mass is 402 g/mol. The third-order valence-electron chi connectivity index (χ3n) is 4.51. The van der Waals surface area contributed by atoms with Gasteiger partial charge in [-0.25, -0.2) is 0 Å². The summed E-state index contributed by atoms with van der Waals surface area (Å²) in [5.74, 6) is -1.34. The Kier molecular flexibility index (Phi) is 6.60. The zero-order valence-corrected chi connectivity index (χ0v) is 16.5. The van der Waals surface area contributed by atoms with Crippen LogP contribution in [0.1, 0.15) is 22.8 Å². The van der Waals surface area contributed by atoms with Crippen molar-refractivity contribution in [3.8, 4) is 16.9 Å². The van der Waals surface area contributed by atoms with Gasteiger partial charge in [-0.3, -0.25) is 14.4 Å². The molecule has 0 aliphatic rings. The van der Waals surface area contributed by atoms with Gasteiger partial charge in [0.05, 0.1) is 0 Å². The minimum Gasteiger partial charge on any atom is -0.427 e. The number of ether oxygens (including phenoxy) is 1. The highest BCUT2D eigenvalue weighted by Crippen LogP contribution is 2.20. The van der Waals surface area contributed by atoms with E-state index in [1.54, 1.807) is 18.2 Å². The topological polar surface area (TPSA) is 98.5 Å². The molecular formula is C24H22N2O4. The molecule has 0 spiro atoms. The molecule has 0 heterocycles. The summed E-state index contributed by atoms with van der Waals surface area (Å²) in [6.45, 7) is 1.28. The van der Waals surface area contributed by atoms with Gasteiger partial charge < -0.3 is 15.8 Å². The van der Waals surface area contributed by atoms with Crippen molar-refractivity contribution in [2.24, 2.45) is 5.73 Å². The second kappa shape index (κ2) is 9.52. The molecule has 2 amide bonds. The molecule has 6 nitrogen and oxygen atoms in total. The van der Waals surface area contributed by atoms with Crippen LogP contribution >= 0.6 is 0 Å². The third-order valence-corrected chi connectivity index (χ3v) is 4.51. The summed E-state index contributed by atoms with van der Waals surface area (Å²) >= 11 is 0. The molecule has 3 aromatic rings. The van der Waals surface area contributed by atoms with Crippen LogP contribution in [0, 0.1) is 0 Å². The number of amides is 2. The van der Waals surface area contributed by atoms with E-state index in [9.17, 15) is 14.4 Å². The van der Waals surface area contributed by atoms with Crippen LogP contribution in [0.25, 0.3) is 11.1 Å². The minimum atomic E-state index is -0.877. The van der Waals surface area contributed by atoms with Crippen LogP contribution in [-0.2, 0) is 16.0 Å². The molecule has 0 aromatic heterocycles. The van der Waals surface area contributed by atoms with Gasteiger partial charge in [-0.2, -0.15) is 0 Å². The van der Waals surface area contributed by atoms with E-state index in [1.807, 2.05) is 54.6 Å². The summed E-state index contributed by atoms with van der Waals surface area (Å²) in [5.41, 5.74) is 8.79. The highest BCUT2D eigenvalue weighted by molar-refractivity contribution is 5.97. The average Bonchev–Trinajstić information content (AvgIpc) is 2.74. The molecule has 30 heavy (non-hydrogen) atoms. The number of nitrogens with two attached hydrogens (primary N) is 1. The van der Waals surface area contributed by atoms with Gasteiger partial charge in [0.2, 0.25) is 5.91 Å². The van der Waals surface area contributed by atoms with Crippen LogP contribution in [0.5, 0.6) is 5.75 Å². The first-order chi connectivity index (χ1) is 14.4. The quantitative estimate of drug-likeness (QED) is 0.469. The molecule has 3 N–H and O–H groups in total. The molecule has 6 heteroatoms. The normalized spacial score (nSPS) is 11.4. The molecule has 0 aliphatic carbocycles. The number of carbonyl (C=O) groups excluding carboxylic acids is 3. The molecule has 3 rings (SSSR count). The first-order valence-corrected chi connectivity index (χ1v) is 9.45. The van der Waals surface area contributed by atoms with Crippen molar-refractivity contribution >= 4 is 17.8 Å². The van der Waals surface area contributed by atoms with Gasteiger partial charge in [-0.15, -0.1) is 0 Å². The number of carbonyl (C=O) groups is 3. The van der Waals surface area contributed by atoms with Crippen molar-refractivity contribution in [2.45, 2.75) is 19.4 Å². The van der Waals surface area contributed by atoms with E-state index in [0.717, 1.165) is 16.7 Å². The molecule has 0 aliphatic heterocycles. The van der Waals surface area contributed by atoms with Crippen molar-refractivity contribution in [3.63, 3.8) is 0 Å². The molecule has 0 bridgehead atoms. The predicted octanol–water partition coefficient (Wildman–Crippen LogP) is 3.11. The first-order valence-electron chi connectivity index (χ1n) is 9.45. The maximum Gasteiger partial charge on any atom is 0.308 e. The minimum absolute atomic E-state index is 0.252. The Hall–Kier alpha value is -3.93. The number of rotatable bonds is 7. The first kappa shape index (κ1) is 20.8. The van der Waals surface area contributed by atoms with Crippen LogP contribution in [0.2, 0.25) is 0 Å². The fourth-order valence-electron chi connectivity index (χ4n) is 3.03. The lowest BCUT2D eigenvalue weighted by atomic mass is 10.00. The van der Waals surface area contributed by atoms with Gasteiger partial charge in [0.25, 0.3) is 5.91 Å². The Morgan fingerprint density at radius 1 is 0.900 bits per heavy atom. The molecule has 1 atom stereocenters. The number of hydrogen-bond donors (Lipinski definition) is 2. The van der Waals surface area contributed by atoms with E-state index in [2.05, 4.69) is 5.32 Å². The standard InChI is InChI=1S/C24H22N2O4/c1-16(27)30-21-9-5-8-20(15-21)24(29)26-22(23(25)28)14-17-10-12-19(13-11-17)18-6-3-2-4-7-18/h2-13,15,22H,14H2,1H3,(H2,25,28)(H,26,29)/t22-/m1/s1. The van der Waals surface area contributed by atoms with Gasteiger partial charge in [-0.1, -0.05) is 60.7 Å². The summed E-state index contributed by atoms with van der Waals surface area (Å²) in [4.78, 5) is 35.6. The van der Waals surface area contributed by atoms with E-state index in [4.69, 9.17) is 10.5 Å². The van der Waals surface area contributed by atoms with Gasteiger partial charge in [-0.05, 0) is 34.9 Å². The summed E-state index contributed by atoms with van der Waals surface area (Å²) in [7, 11) is 0. The average molecular weight is 402 g/mol. The highest BCUT2D eigenvalue weighted by Gasteiger charge is 2.20. The summed E-state index contributed by atoms with van der Waals surface area (Å²) in [6.07, 6.45) is 0.264. The second-order valence-electron chi connectivity index (χ2n) is 6.82. The van der Waals surface area contributed by atoms with Crippen molar-refractivity contribution in [1.82, 2.24) is 5.32 Å². The highest BCUT2D eigenvalue weighted by atomic mass is 16.5. The van der Waals surface area contributed by atoms with Crippen LogP contribution in [0.15, 0.2) is 78.9 Å². The molecule has 0 radical (unpaired) electrons. The molecule has 0 unspecified atom stereocenters. The lowest BCUT2D eigenvalue weighted by molar-refractivity contribution is -0.131. The predicted molar refractivity (Wildman–Crippen MR) is 114 cm³/mol. The number of primary amides is 1. The molecule has 3 aromatic carbocycles. The SMILES string of the molecule is CC(=O)Oc1cccc(C(=O)N[C@H](Cc2ccc(-c3ccccc3)cc2)C(N)=O)c1. The number of benzene rings is 3. The fraction of sp³-hybridized carbons (Fsp3) is 0.125. The van der Waals surface area contributed by atoms with Crippen LogP contribution < -0.4 is 15.8 Å². The zero-order chi connectivity index (χ0) is 21.5. The van der Waals surface area contributed by atoms with Gasteiger partial charge in [0.15, 0.2) is 0 Å². The van der Waals surface area contributed by atoms with E-state index in [0.29, 0.717) is 0 Å². The second-order valence-corrected chi connectivity index (χ2v) is 6.82. The maximum atomic E-state index is 12.6. The Bertz CT molecular complexity index is 1050. The van der Waals surface area contributed by atoms with Crippen molar-refractivity contribution in [2.75, 3.05) is 0 Å². The molecule has 0 saturated heterocycles. The number of hydrogen-bond acceptors (Lipinski definition) is 4. The Balaban J connectivity index is 1.70. The summed E-state index contributed by atoms with van der Waals surface area (Å²) in [5, 5.41) is 2.65. The molecule has 152 valence electrons. The van der Waals surface area contributed by atoms with Gasteiger partial charge >= 0.3 is 5.97 Å². The van der Waals surface area contributed by atoms with Gasteiger partial charge in [0, 0.05) is 18.9 Å². The number of esters is 1. The Morgan fingerprint density at radius 3 is 2.20 bits per heavy atom. The lowest BCUT2D eigenvalue weighted by Crippen LogP contribution is -2.45. The fourth-order valence-corrected chi connectivity index (χ4v) is 3.03. The lowest BCUT2D eigenvalue weighted by Gasteiger charge is -2.16. The number of nitrogens with one attached hydrogen (secondary N) is 1. The Labute approximate surface area is 174 Å². The van der Waals surface area contributed by atoms with Crippen LogP contribution in [-0.4, -0.2) is 23.8 Å². The summed E-state index contributed by atoms with van der Waals surface area (Å²) in [6, 6.07) is 23.0. The zero-order valence-electron chi connectivity index (χ0n) is 16.5. The summed E-state index contributed by atoms with van der Waals surface area (Å²) < 4.78 is 4.99. The molecule has 0 saturated carbocycles. The van der Waals surface area contributed by atoms with E-state index in [-0.39, 0.29) is 17.7 Å². The van der Waals surface area contributed by atoms with Crippen molar-refractivity contribution in [3.05, 3.63) is 90.0 Å². The Morgan fingerprint density at radius 2 is 1.57 bits per heavy atom.